The van der Waals surface area contributed by atoms with Crippen molar-refractivity contribution in [2.75, 3.05) is 18.9 Å². The smallest absolute Gasteiger partial charge is 0.303 e. The average Bonchev–Trinajstić information content (AvgIpc) is 3.04. The molecule has 0 aliphatic carbocycles. The minimum absolute atomic E-state index is 0.246. The number of halogens is 3. The first-order chi connectivity index (χ1) is 13.3. The predicted octanol–water partition coefficient (Wildman–Crippen LogP) is 4.49. The lowest BCUT2D eigenvalue weighted by atomic mass is 10.2. The lowest BCUT2D eigenvalue weighted by Crippen LogP contribution is -2.25. The highest BCUT2D eigenvalue weighted by Crippen LogP contribution is 2.37. The number of anilines is 2. The van der Waals surface area contributed by atoms with E-state index in [1.165, 1.54) is 17.1 Å². The zero-order valence-electron chi connectivity index (χ0n) is 15.2. The summed E-state index contributed by atoms with van der Waals surface area (Å²) >= 11 is 7.68. The standard InChI is InChI=1S/C18H17ClF2N6S/c1-18(20,21)17-22-5-3-15(26-17)24-11-7-14(19)23-8-10(11)16-25-12-9-27(2)6-4-13(12)28-16/h3,5,7-8H,4,6,9H2,1-2H3,(H,22,23,24,26). The number of fused-ring (bicyclic) bond motifs is 1. The molecular weight excluding hydrogens is 406 g/mol. The van der Waals surface area contributed by atoms with Crippen molar-refractivity contribution in [1.29, 1.82) is 0 Å². The Kier molecular flexibility index (Phi) is 4.98. The maximum absolute atomic E-state index is 13.5. The molecular formula is C18H17ClF2N6S. The van der Waals surface area contributed by atoms with Gasteiger partial charge in [0, 0.05) is 37.3 Å². The van der Waals surface area contributed by atoms with Gasteiger partial charge in [0.1, 0.15) is 16.0 Å². The van der Waals surface area contributed by atoms with Crippen LogP contribution in [0.1, 0.15) is 23.3 Å². The lowest BCUT2D eigenvalue weighted by Gasteiger charge is -2.20. The number of thiazole rings is 1. The van der Waals surface area contributed by atoms with Crippen molar-refractivity contribution >= 4 is 34.4 Å². The van der Waals surface area contributed by atoms with Crippen LogP contribution in [0.15, 0.2) is 24.5 Å². The quantitative estimate of drug-likeness (QED) is 0.625. The molecule has 0 saturated carbocycles. The maximum atomic E-state index is 13.5. The van der Waals surface area contributed by atoms with Gasteiger partial charge in [-0.25, -0.2) is 19.9 Å². The molecule has 6 nitrogen and oxygen atoms in total. The van der Waals surface area contributed by atoms with E-state index in [0.29, 0.717) is 5.69 Å². The van der Waals surface area contributed by atoms with Gasteiger partial charge in [-0.05, 0) is 25.6 Å². The van der Waals surface area contributed by atoms with E-state index in [1.54, 1.807) is 23.6 Å². The molecule has 3 aromatic rings. The molecule has 0 amide bonds. The second-order valence-electron chi connectivity index (χ2n) is 6.71. The van der Waals surface area contributed by atoms with E-state index in [-0.39, 0.29) is 11.0 Å². The highest BCUT2D eigenvalue weighted by molar-refractivity contribution is 7.15. The lowest BCUT2D eigenvalue weighted by molar-refractivity contribution is 0.00783. The van der Waals surface area contributed by atoms with Gasteiger partial charge >= 0.3 is 5.92 Å². The van der Waals surface area contributed by atoms with Crippen LogP contribution in [0, 0.1) is 0 Å². The summed E-state index contributed by atoms with van der Waals surface area (Å²) in [5.41, 5.74) is 2.41. The number of rotatable bonds is 4. The third-order valence-electron chi connectivity index (χ3n) is 4.33. The Balaban J connectivity index is 1.70. The first-order valence-electron chi connectivity index (χ1n) is 8.61. The SMILES string of the molecule is CN1CCc2sc(-c3cnc(Cl)cc3Nc3ccnc(C(C)(F)F)n3)nc2C1. The molecule has 1 aliphatic rings. The Bertz CT molecular complexity index is 1020. The third-order valence-corrected chi connectivity index (χ3v) is 5.73. The van der Waals surface area contributed by atoms with Gasteiger partial charge in [-0.2, -0.15) is 8.78 Å². The van der Waals surface area contributed by atoms with Crippen molar-refractivity contribution in [3.63, 3.8) is 0 Å². The van der Waals surface area contributed by atoms with Crippen LogP contribution in [0.2, 0.25) is 5.15 Å². The van der Waals surface area contributed by atoms with E-state index >= 15 is 0 Å². The number of nitrogens with one attached hydrogen (secondary N) is 1. The highest BCUT2D eigenvalue weighted by Gasteiger charge is 2.28. The molecule has 0 aromatic carbocycles. The summed E-state index contributed by atoms with van der Waals surface area (Å²) in [6, 6.07) is 3.16. The molecule has 0 atom stereocenters. The molecule has 0 unspecified atom stereocenters. The van der Waals surface area contributed by atoms with Gasteiger partial charge in [0.05, 0.1) is 16.9 Å². The van der Waals surface area contributed by atoms with Gasteiger partial charge in [0.2, 0.25) is 5.82 Å². The molecule has 0 radical (unpaired) electrons. The second kappa shape index (κ2) is 7.31. The Morgan fingerprint density at radius 2 is 2.11 bits per heavy atom. The molecule has 1 aliphatic heterocycles. The summed E-state index contributed by atoms with van der Waals surface area (Å²) in [6.07, 6.45) is 3.88. The number of aromatic nitrogens is 4. The molecule has 4 rings (SSSR count). The maximum Gasteiger partial charge on any atom is 0.303 e. The Morgan fingerprint density at radius 1 is 1.29 bits per heavy atom. The molecule has 0 fully saturated rings. The average molecular weight is 423 g/mol. The summed E-state index contributed by atoms with van der Waals surface area (Å²) in [7, 11) is 2.06. The minimum atomic E-state index is -3.13. The van der Waals surface area contributed by atoms with Crippen molar-refractivity contribution < 1.29 is 8.78 Å². The van der Waals surface area contributed by atoms with Crippen LogP contribution < -0.4 is 5.32 Å². The number of alkyl halides is 2. The van der Waals surface area contributed by atoms with Crippen LogP contribution >= 0.6 is 22.9 Å². The highest BCUT2D eigenvalue weighted by atomic mass is 35.5. The Hall–Kier alpha value is -2.23. The van der Waals surface area contributed by atoms with E-state index in [9.17, 15) is 8.78 Å². The Labute approximate surface area is 169 Å². The van der Waals surface area contributed by atoms with E-state index in [1.807, 2.05) is 0 Å². The number of hydrogen-bond donors (Lipinski definition) is 1. The molecule has 3 aromatic heterocycles. The minimum Gasteiger partial charge on any atom is -0.339 e. The van der Waals surface area contributed by atoms with E-state index in [4.69, 9.17) is 16.6 Å². The van der Waals surface area contributed by atoms with E-state index < -0.39 is 11.7 Å². The van der Waals surface area contributed by atoms with Gasteiger partial charge in [0.15, 0.2) is 0 Å². The number of pyridine rings is 1. The first kappa shape index (κ1) is 19.1. The van der Waals surface area contributed by atoms with Crippen LogP contribution in [-0.2, 0) is 18.9 Å². The fourth-order valence-corrected chi connectivity index (χ4v) is 4.17. The molecule has 0 spiro atoms. The number of nitrogens with zero attached hydrogens (tertiary/aromatic N) is 5. The summed E-state index contributed by atoms with van der Waals surface area (Å²) in [5, 5.41) is 4.15. The van der Waals surface area contributed by atoms with Crippen LogP contribution in [0.25, 0.3) is 10.6 Å². The van der Waals surface area contributed by atoms with Gasteiger partial charge in [-0.15, -0.1) is 11.3 Å². The normalized spacial score (nSPS) is 14.8. The van der Waals surface area contributed by atoms with Crippen molar-refractivity contribution in [3.05, 3.63) is 46.1 Å². The summed E-state index contributed by atoms with van der Waals surface area (Å²) in [4.78, 5) is 20.0. The monoisotopic (exact) mass is 422 g/mol. The van der Waals surface area contributed by atoms with Crippen LogP contribution in [0.3, 0.4) is 0 Å². The van der Waals surface area contributed by atoms with E-state index in [2.05, 4.69) is 32.2 Å². The summed E-state index contributed by atoms with van der Waals surface area (Å²) in [6.45, 7) is 2.56. The molecule has 10 heteroatoms. The topological polar surface area (TPSA) is 66.8 Å². The third kappa shape index (κ3) is 3.96. The van der Waals surface area contributed by atoms with Crippen molar-refractivity contribution in [3.8, 4) is 10.6 Å². The molecule has 146 valence electrons. The van der Waals surface area contributed by atoms with Crippen molar-refractivity contribution in [1.82, 2.24) is 24.8 Å². The van der Waals surface area contributed by atoms with Gasteiger partial charge in [-0.3, -0.25) is 0 Å². The molecule has 4 heterocycles. The second-order valence-corrected chi connectivity index (χ2v) is 8.18. The first-order valence-corrected chi connectivity index (χ1v) is 9.80. The van der Waals surface area contributed by atoms with Crippen LogP contribution in [-0.4, -0.2) is 38.4 Å². The fourth-order valence-electron chi connectivity index (χ4n) is 2.93. The Morgan fingerprint density at radius 3 is 2.89 bits per heavy atom. The predicted molar refractivity (Wildman–Crippen MR) is 105 cm³/mol. The van der Waals surface area contributed by atoms with Crippen molar-refractivity contribution in [2.45, 2.75) is 25.8 Å². The van der Waals surface area contributed by atoms with Gasteiger partial charge in [-0.1, -0.05) is 11.6 Å². The summed E-state index contributed by atoms with van der Waals surface area (Å²) in [5.74, 6) is -3.43. The molecule has 1 N–H and O–H groups in total. The van der Waals surface area contributed by atoms with Crippen LogP contribution in [0.5, 0.6) is 0 Å². The summed E-state index contributed by atoms with van der Waals surface area (Å²) < 4.78 is 27.1. The molecule has 28 heavy (non-hydrogen) atoms. The largest absolute Gasteiger partial charge is 0.339 e. The number of hydrogen-bond acceptors (Lipinski definition) is 7. The van der Waals surface area contributed by atoms with Crippen LogP contribution in [0.4, 0.5) is 20.3 Å². The zero-order chi connectivity index (χ0) is 19.9. The van der Waals surface area contributed by atoms with Crippen molar-refractivity contribution in [2.24, 2.45) is 0 Å². The van der Waals surface area contributed by atoms with E-state index in [0.717, 1.165) is 42.7 Å². The zero-order valence-corrected chi connectivity index (χ0v) is 16.8. The molecule has 0 bridgehead atoms. The van der Waals surface area contributed by atoms with Gasteiger partial charge < -0.3 is 10.2 Å². The fraction of sp³-hybridized carbons (Fsp3) is 0.333. The number of likely N-dealkylation sites (N-methyl/N-ethyl adjacent to an activating group) is 1. The molecule has 0 saturated heterocycles. The van der Waals surface area contributed by atoms with Gasteiger partial charge in [0.25, 0.3) is 0 Å².